The zero-order chi connectivity index (χ0) is 42.1. The predicted molar refractivity (Wildman–Crippen MR) is 244 cm³/mol. The van der Waals surface area contributed by atoms with Gasteiger partial charge in [-0.05, 0) is 70.6 Å². The number of hydrogen-bond acceptors (Lipinski definition) is 5. The van der Waals surface area contributed by atoms with Gasteiger partial charge < -0.3 is 19.8 Å². The van der Waals surface area contributed by atoms with Gasteiger partial charge in [-0.15, -0.1) is 0 Å². The molecule has 0 aromatic heterocycles. The molecule has 0 aliphatic heterocycles. The second-order valence-electron chi connectivity index (χ2n) is 16.8. The number of hydrogen-bond donors (Lipinski definition) is 3. The van der Waals surface area contributed by atoms with Crippen LogP contribution in [0, 0.1) is 0 Å². The molecule has 0 aliphatic rings. The van der Waals surface area contributed by atoms with Gasteiger partial charge in [-0.25, -0.2) is 4.57 Å². The molecule has 0 aromatic carbocycles. The molecule has 8 nitrogen and oxygen atoms in total. The van der Waals surface area contributed by atoms with Crippen molar-refractivity contribution in [3.8, 4) is 0 Å². The zero-order valence-corrected chi connectivity index (χ0v) is 38.5. The van der Waals surface area contributed by atoms with Crippen molar-refractivity contribution in [3.63, 3.8) is 0 Å². The molecule has 1 amide bonds. The van der Waals surface area contributed by atoms with Gasteiger partial charge in [0.2, 0.25) is 5.91 Å². The standard InChI is InChI=1S/C48H89N2O6P/c1-6-8-10-12-14-16-18-20-22-23-24-25-26-27-28-30-32-34-36-38-40-42-48(52)49-46(45-56-57(53,54)55-44-43-50(3,4)5)47(51)41-39-37-35-33-31-29-21-19-17-15-13-11-9-7-2/h18,20,23-24,26-27,31,33,39,41,46-47,51H,6-17,19,21-22,25,28-30,32,34-38,40,42-45H2,1-5H3,(H-,49,52,53,54)/p+1/b20-18-,24-23-,27-26-,33-31+,41-39+. The molecule has 3 N–H and O–H groups in total. The highest BCUT2D eigenvalue weighted by atomic mass is 31.2. The quantitative estimate of drug-likeness (QED) is 0.0245. The number of aliphatic hydroxyl groups excluding tert-OH is 1. The molecule has 0 spiro atoms. The van der Waals surface area contributed by atoms with Crippen molar-refractivity contribution in [2.24, 2.45) is 0 Å². The fraction of sp³-hybridized carbons (Fsp3) is 0.771. The van der Waals surface area contributed by atoms with Crippen LogP contribution in [0.15, 0.2) is 60.8 Å². The van der Waals surface area contributed by atoms with Gasteiger partial charge in [0.25, 0.3) is 0 Å². The molecule has 0 aliphatic carbocycles. The number of allylic oxidation sites excluding steroid dienone is 9. The lowest BCUT2D eigenvalue weighted by Gasteiger charge is -2.25. The highest BCUT2D eigenvalue weighted by Crippen LogP contribution is 2.43. The number of nitrogens with zero attached hydrogens (tertiary/aromatic N) is 1. The molecule has 0 saturated heterocycles. The first kappa shape index (κ1) is 55.2. The number of phosphoric ester groups is 1. The monoisotopic (exact) mass is 822 g/mol. The Bertz CT molecular complexity index is 1110. The van der Waals surface area contributed by atoms with Crippen molar-refractivity contribution in [3.05, 3.63) is 60.8 Å². The molecule has 0 saturated carbocycles. The SMILES string of the molecule is CCCCCCC/C=C\C/C=C\C/C=C\CCCCCCCCC(=O)NC(COP(=O)(O)OCC[N+](C)(C)C)C(O)/C=C/CC/C=C/CCCCCCCCCC. The normalized spacial score (nSPS) is 14.9. The van der Waals surface area contributed by atoms with E-state index >= 15 is 0 Å². The van der Waals surface area contributed by atoms with Crippen molar-refractivity contribution in [2.45, 2.75) is 199 Å². The summed E-state index contributed by atoms with van der Waals surface area (Å²) in [7, 11) is 1.54. The van der Waals surface area contributed by atoms with Gasteiger partial charge in [0.05, 0.1) is 39.9 Å². The Balaban J connectivity index is 4.45. The molecule has 3 atom stereocenters. The summed E-state index contributed by atoms with van der Waals surface area (Å²) in [4.78, 5) is 23.1. The number of quaternary nitrogens is 1. The Hall–Kier alpha value is -1.80. The van der Waals surface area contributed by atoms with Crippen molar-refractivity contribution >= 4 is 13.7 Å². The predicted octanol–water partition coefficient (Wildman–Crippen LogP) is 13.0. The van der Waals surface area contributed by atoms with Crippen LogP contribution >= 0.6 is 7.82 Å². The number of amides is 1. The molecule has 332 valence electrons. The summed E-state index contributed by atoms with van der Waals surface area (Å²) < 4.78 is 23.5. The van der Waals surface area contributed by atoms with Crippen LogP contribution in [-0.2, 0) is 18.4 Å². The number of unbranched alkanes of at least 4 members (excludes halogenated alkanes) is 20. The maximum absolute atomic E-state index is 12.9. The first-order valence-corrected chi connectivity index (χ1v) is 24.7. The molecule has 0 rings (SSSR count). The third-order valence-corrected chi connectivity index (χ3v) is 10.9. The molecule has 9 heteroatoms. The van der Waals surface area contributed by atoms with Crippen molar-refractivity contribution < 1.29 is 32.9 Å². The van der Waals surface area contributed by atoms with E-state index in [0.717, 1.165) is 64.2 Å². The molecule has 0 heterocycles. The molecule has 3 unspecified atom stereocenters. The first-order valence-electron chi connectivity index (χ1n) is 23.2. The smallest absolute Gasteiger partial charge is 0.387 e. The van der Waals surface area contributed by atoms with Crippen molar-refractivity contribution in [1.29, 1.82) is 0 Å². The summed E-state index contributed by atoms with van der Waals surface area (Å²) in [6.45, 7) is 4.75. The van der Waals surface area contributed by atoms with Crippen LogP contribution in [-0.4, -0.2) is 73.4 Å². The number of likely N-dealkylation sites (N-methyl/N-ethyl adjacent to an activating group) is 1. The second-order valence-corrected chi connectivity index (χ2v) is 18.2. The lowest BCUT2D eigenvalue weighted by atomic mass is 10.1. The average Bonchev–Trinajstić information content (AvgIpc) is 3.16. The Morgan fingerprint density at radius 3 is 1.53 bits per heavy atom. The Labute approximate surface area is 351 Å². The van der Waals surface area contributed by atoms with Gasteiger partial charge in [-0.2, -0.15) is 0 Å². The van der Waals surface area contributed by atoms with Crippen LogP contribution in [0.2, 0.25) is 0 Å². The van der Waals surface area contributed by atoms with Crippen LogP contribution < -0.4 is 5.32 Å². The molecule has 57 heavy (non-hydrogen) atoms. The van der Waals surface area contributed by atoms with Crippen LogP contribution in [0.25, 0.3) is 0 Å². The molecule has 0 fully saturated rings. The molecular formula is C48H90N2O6P+. The maximum Gasteiger partial charge on any atom is 0.472 e. The molecule has 0 aromatic rings. The summed E-state index contributed by atoms with van der Waals surface area (Å²) in [6, 6.07) is -0.871. The molecule has 0 radical (unpaired) electrons. The minimum Gasteiger partial charge on any atom is -0.387 e. The van der Waals surface area contributed by atoms with Gasteiger partial charge in [0.1, 0.15) is 13.2 Å². The Morgan fingerprint density at radius 1 is 0.596 bits per heavy atom. The van der Waals surface area contributed by atoms with E-state index in [1.807, 2.05) is 27.2 Å². The summed E-state index contributed by atoms with van der Waals surface area (Å²) >= 11 is 0. The number of aliphatic hydroxyl groups is 1. The third-order valence-electron chi connectivity index (χ3n) is 9.96. The average molecular weight is 822 g/mol. The third kappa shape index (κ3) is 42.1. The van der Waals surface area contributed by atoms with E-state index in [9.17, 15) is 19.4 Å². The van der Waals surface area contributed by atoms with E-state index in [1.165, 1.54) is 103 Å². The van der Waals surface area contributed by atoms with Crippen LogP contribution in [0.3, 0.4) is 0 Å². The number of nitrogens with one attached hydrogen (secondary N) is 1. The van der Waals surface area contributed by atoms with Gasteiger partial charge in [-0.1, -0.05) is 171 Å². The van der Waals surface area contributed by atoms with E-state index in [0.29, 0.717) is 17.4 Å². The van der Waals surface area contributed by atoms with E-state index in [1.54, 1.807) is 6.08 Å². The van der Waals surface area contributed by atoms with E-state index in [4.69, 9.17) is 9.05 Å². The van der Waals surface area contributed by atoms with Crippen LogP contribution in [0.1, 0.15) is 187 Å². The zero-order valence-electron chi connectivity index (χ0n) is 37.6. The van der Waals surface area contributed by atoms with Crippen molar-refractivity contribution in [1.82, 2.24) is 5.32 Å². The van der Waals surface area contributed by atoms with Crippen LogP contribution in [0.5, 0.6) is 0 Å². The van der Waals surface area contributed by atoms with Crippen LogP contribution in [0.4, 0.5) is 0 Å². The molecular weight excluding hydrogens is 732 g/mol. The second kappa shape index (κ2) is 39.6. The summed E-state index contributed by atoms with van der Waals surface area (Å²) in [5.41, 5.74) is 0. The van der Waals surface area contributed by atoms with Gasteiger partial charge in [0.15, 0.2) is 0 Å². The van der Waals surface area contributed by atoms with Gasteiger partial charge in [-0.3, -0.25) is 13.8 Å². The number of phosphoric acid groups is 1. The fourth-order valence-corrected chi connectivity index (χ4v) is 6.97. The fourth-order valence-electron chi connectivity index (χ4n) is 6.24. The molecule has 0 bridgehead atoms. The van der Waals surface area contributed by atoms with E-state index in [2.05, 4.69) is 67.8 Å². The topological polar surface area (TPSA) is 105 Å². The largest absolute Gasteiger partial charge is 0.472 e. The lowest BCUT2D eigenvalue weighted by Crippen LogP contribution is -2.45. The first-order chi connectivity index (χ1) is 27.5. The lowest BCUT2D eigenvalue weighted by molar-refractivity contribution is -0.870. The Morgan fingerprint density at radius 2 is 1.02 bits per heavy atom. The minimum atomic E-state index is -4.35. The summed E-state index contributed by atoms with van der Waals surface area (Å²) in [5.74, 6) is -0.202. The summed E-state index contributed by atoms with van der Waals surface area (Å²) in [6.07, 6.45) is 51.5. The highest BCUT2D eigenvalue weighted by Gasteiger charge is 2.27. The minimum absolute atomic E-state index is 0.0509. The van der Waals surface area contributed by atoms with E-state index in [-0.39, 0.29) is 19.1 Å². The van der Waals surface area contributed by atoms with E-state index < -0.39 is 20.0 Å². The van der Waals surface area contributed by atoms with Crippen molar-refractivity contribution in [2.75, 3.05) is 40.9 Å². The number of rotatable bonds is 41. The summed E-state index contributed by atoms with van der Waals surface area (Å²) in [5, 5.41) is 13.8. The van der Waals surface area contributed by atoms with Gasteiger partial charge in [0, 0.05) is 6.42 Å². The van der Waals surface area contributed by atoms with Gasteiger partial charge >= 0.3 is 7.82 Å². The number of carbonyl (C=O) groups is 1. The Kier molecular flexibility index (Phi) is 38.4. The highest BCUT2D eigenvalue weighted by molar-refractivity contribution is 7.47. The number of carbonyl (C=O) groups excluding carboxylic acids is 1. The maximum atomic E-state index is 12.9.